The molecule has 4 rings (SSSR count). The van der Waals surface area contributed by atoms with Crippen LogP contribution in [0.25, 0.3) is 11.5 Å². The molecule has 2 aromatic carbocycles. The number of aliphatic imine (C=N–C) groups is 1. The summed E-state index contributed by atoms with van der Waals surface area (Å²) in [7, 11) is 0. The molecule has 0 aliphatic rings. The van der Waals surface area contributed by atoms with Crippen molar-refractivity contribution in [1.29, 1.82) is 0 Å². The zero-order valence-electron chi connectivity index (χ0n) is 19.2. The third-order valence-electron chi connectivity index (χ3n) is 5.23. The Morgan fingerprint density at radius 2 is 1.88 bits per heavy atom. The molecule has 2 aromatic heterocycles. The fourth-order valence-corrected chi connectivity index (χ4v) is 3.50. The normalized spacial score (nSPS) is 11.5. The van der Waals surface area contributed by atoms with Crippen LogP contribution in [-0.2, 0) is 19.5 Å². The lowest BCUT2D eigenvalue weighted by Gasteiger charge is -2.12. The molecule has 0 aliphatic carbocycles. The molecule has 0 spiro atoms. The van der Waals surface area contributed by atoms with E-state index in [2.05, 4.69) is 80.4 Å². The molecule has 7 heteroatoms. The minimum absolute atomic E-state index is 0.438. The van der Waals surface area contributed by atoms with Gasteiger partial charge < -0.3 is 19.6 Å². The number of nitrogens with zero attached hydrogens (tertiary/aromatic N) is 4. The van der Waals surface area contributed by atoms with Crippen molar-refractivity contribution in [2.75, 3.05) is 13.1 Å². The van der Waals surface area contributed by atoms with E-state index < -0.39 is 0 Å². The highest BCUT2D eigenvalue weighted by Crippen LogP contribution is 2.19. The van der Waals surface area contributed by atoms with Crippen LogP contribution in [0, 0.1) is 6.92 Å². The van der Waals surface area contributed by atoms with Gasteiger partial charge in [0, 0.05) is 44.0 Å². The molecule has 0 saturated heterocycles. The van der Waals surface area contributed by atoms with Gasteiger partial charge in [-0.3, -0.25) is 0 Å². The first-order valence-electron chi connectivity index (χ1n) is 11.3. The number of rotatable bonds is 9. The molecule has 0 radical (unpaired) electrons. The summed E-state index contributed by atoms with van der Waals surface area (Å²) >= 11 is 0. The number of imidazole rings is 1. The van der Waals surface area contributed by atoms with Gasteiger partial charge in [0.1, 0.15) is 17.8 Å². The van der Waals surface area contributed by atoms with Crippen LogP contribution in [0.2, 0.25) is 0 Å². The SMILES string of the molecule is CCNC(=NCc1coc(-c2ccc(C)cc2)n1)NCCc1nccn1Cc1ccccc1. The maximum atomic E-state index is 5.64. The Kier molecular flexibility index (Phi) is 7.53. The van der Waals surface area contributed by atoms with Crippen molar-refractivity contribution in [3.63, 3.8) is 0 Å². The van der Waals surface area contributed by atoms with Crippen LogP contribution < -0.4 is 10.6 Å². The van der Waals surface area contributed by atoms with Crippen LogP contribution in [0.5, 0.6) is 0 Å². The summed E-state index contributed by atoms with van der Waals surface area (Å²) in [6.45, 7) is 6.88. The highest BCUT2D eigenvalue weighted by Gasteiger charge is 2.08. The maximum Gasteiger partial charge on any atom is 0.226 e. The first kappa shape index (κ1) is 22.3. The molecule has 2 N–H and O–H groups in total. The maximum absolute atomic E-state index is 5.64. The third kappa shape index (κ3) is 6.32. The van der Waals surface area contributed by atoms with E-state index in [0.717, 1.165) is 49.1 Å². The smallest absolute Gasteiger partial charge is 0.226 e. The van der Waals surface area contributed by atoms with E-state index in [4.69, 9.17) is 4.42 Å². The van der Waals surface area contributed by atoms with E-state index in [1.807, 2.05) is 30.6 Å². The second-order valence-electron chi connectivity index (χ2n) is 7.84. The van der Waals surface area contributed by atoms with E-state index in [1.165, 1.54) is 11.1 Å². The third-order valence-corrected chi connectivity index (χ3v) is 5.23. The number of benzene rings is 2. The zero-order chi connectivity index (χ0) is 22.9. The van der Waals surface area contributed by atoms with Gasteiger partial charge in [-0.15, -0.1) is 0 Å². The second-order valence-corrected chi connectivity index (χ2v) is 7.84. The molecule has 0 atom stereocenters. The number of guanidine groups is 1. The highest BCUT2D eigenvalue weighted by atomic mass is 16.3. The van der Waals surface area contributed by atoms with Crippen LogP contribution in [0.4, 0.5) is 0 Å². The number of aromatic nitrogens is 3. The van der Waals surface area contributed by atoms with E-state index >= 15 is 0 Å². The first-order chi connectivity index (χ1) is 16.2. The summed E-state index contributed by atoms with van der Waals surface area (Å²) < 4.78 is 7.83. The topological polar surface area (TPSA) is 80.3 Å². The first-order valence-corrected chi connectivity index (χ1v) is 11.3. The zero-order valence-corrected chi connectivity index (χ0v) is 19.2. The second kappa shape index (κ2) is 11.1. The standard InChI is InChI=1S/C26H30N6O/c1-3-27-26(30-17-23-19-33-25(31-23)22-11-9-20(2)10-12-22)29-14-13-24-28-15-16-32(24)18-21-7-5-4-6-8-21/h4-12,15-16,19H,3,13-14,17-18H2,1-2H3,(H2,27,29,30). The lowest BCUT2D eigenvalue weighted by atomic mass is 10.1. The molecular formula is C26H30N6O. The monoisotopic (exact) mass is 442 g/mol. The van der Waals surface area contributed by atoms with Crippen molar-refractivity contribution in [3.8, 4) is 11.5 Å². The van der Waals surface area contributed by atoms with Crippen LogP contribution >= 0.6 is 0 Å². The minimum Gasteiger partial charge on any atom is -0.444 e. The Morgan fingerprint density at radius 3 is 2.67 bits per heavy atom. The molecule has 170 valence electrons. The quantitative estimate of drug-likeness (QED) is 0.300. The lowest BCUT2D eigenvalue weighted by Crippen LogP contribution is -2.38. The Hall–Kier alpha value is -3.87. The summed E-state index contributed by atoms with van der Waals surface area (Å²) in [6, 6.07) is 18.6. The van der Waals surface area contributed by atoms with Gasteiger partial charge in [-0.1, -0.05) is 48.0 Å². The average Bonchev–Trinajstić information content (AvgIpc) is 3.48. The molecular weight excluding hydrogens is 412 g/mol. The van der Waals surface area contributed by atoms with Crippen molar-refractivity contribution in [1.82, 2.24) is 25.2 Å². The summed E-state index contributed by atoms with van der Waals surface area (Å²) in [5, 5.41) is 6.68. The molecule has 7 nitrogen and oxygen atoms in total. The average molecular weight is 443 g/mol. The largest absolute Gasteiger partial charge is 0.444 e. The molecule has 4 aromatic rings. The fraction of sp³-hybridized carbons (Fsp3) is 0.269. The fourth-order valence-electron chi connectivity index (χ4n) is 3.50. The molecule has 0 unspecified atom stereocenters. The number of hydrogen-bond acceptors (Lipinski definition) is 4. The highest BCUT2D eigenvalue weighted by molar-refractivity contribution is 5.79. The number of aryl methyl sites for hydroxylation is 1. The van der Waals surface area contributed by atoms with Crippen molar-refractivity contribution in [2.24, 2.45) is 4.99 Å². The van der Waals surface area contributed by atoms with E-state index in [-0.39, 0.29) is 0 Å². The van der Waals surface area contributed by atoms with Crippen molar-refractivity contribution < 1.29 is 4.42 Å². The Morgan fingerprint density at radius 1 is 1.06 bits per heavy atom. The molecule has 0 bridgehead atoms. The van der Waals surface area contributed by atoms with Crippen molar-refractivity contribution >= 4 is 5.96 Å². The predicted molar refractivity (Wildman–Crippen MR) is 131 cm³/mol. The summed E-state index contributed by atoms with van der Waals surface area (Å²) in [5.41, 5.74) is 4.23. The molecule has 0 fully saturated rings. The number of nitrogens with one attached hydrogen (secondary N) is 2. The lowest BCUT2D eigenvalue weighted by molar-refractivity contribution is 0.572. The summed E-state index contributed by atoms with van der Waals surface area (Å²) in [5.74, 6) is 2.41. The summed E-state index contributed by atoms with van der Waals surface area (Å²) in [6.07, 6.45) is 6.35. The Balaban J connectivity index is 1.32. The van der Waals surface area contributed by atoms with E-state index in [1.54, 1.807) is 6.26 Å². The van der Waals surface area contributed by atoms with Gasteiger partial charge in [-0.05, 0) is 31.5 Å². The van der Waals surface area contributed by atoms with Gasteiger partial charge in [-0.2, -0.15) is 0 Å². The number of hydrogen-bond donors (Lipinski definition) is 2. The van der Waals surface area contributed by atoms with Crippen molar-refractivity contribution in [3.05, 3.63) is 95.9 Å². The molecule has 0 aliphatic heterocycles. The summed E-state index contributed by atoms with van der Waals surface area (Å²) in [4.78, 5) is 13.8. The van der Waals surface area contributed by atoms with Crippen LogP contribution in [0.15, 0.2) is 82.7 Å². The predicted octanol–water partition coefficient (Wildman–Crippen LogP) is 4.19. The molecule has 33 heavy (non-hydrogen) atoms. The number of oxazole rings is 1. The van der Waals surface area contributed by atoms with Gasteiger partial charge in [0.25, 0.3) is 0 Å². The van der Waals surface area contributed by atoms with Crippen molar-refractivity contribution in [2.45, 2.75) is 33.4 Å². The van der Waals surface area contributed by atoms with E-state index in [0.29, 0.717) is 12.4 Å². The Labute approximate surface area is 194 Å². The molecule has 0 saturated carbocycles. The van der Waals surface area contributed by atoms with Crippen LogP contribution in [-0.4, -0.2) is 33.6 Å². The van der Waals surface area contributed by atoms with Gasteiger partial charge in [0.2, 0.25) is 5.89 Å². The van der Waals surface area contributed by atoms with E-state index in [9.17, 15) is 0 Å². The van der Waals surface area contributed by atoms with Crippen LogP contribution in [0.1, 0.15) is 29.6 Å². The van der Waals surface area contributed by atoms with Crippen LogP contribution in [0.3, 0.4) is 0 Å². The molecule has 2 heterocycles. The Bertz CT molecular complexity index is 1160. The van der Waals surface area contributed by atoms with Gasteiger partial charge in [0.15, 0.2) is 5.96 Å². The van der Waals surface area contributed by atoms with Gasteiger partial charge in [-0.25, -0.2) is 15.0 Å². The van der Waals surface area contributed by atoms with Gasteiger partial charge >= 0.3 is 0 Å². The molecule has 0 amide bonds. The van der Waals surface area contributed by atoms with Gasteiger partial charge in [0.05, 0.1) is 6.54 Å². The minimum atomic E-state index is 0.438.